The maximum Gasteiger partial charge on any atom is 0.339 e. The van der Waals surface area contributed by atoms with E-state index in [1.807, 2.05) is 59.8 Å². The molecule has 0 saturated carbocycles. The SMILES string of the molecule is CCOC(=O)c1ccc(N2CCN(C(=O)c3c(C)nn(-c4ccccc4)c3C)CC2)nc1. The molecule has 8 heteroatoms. The van der Waals surface area contributed by atoms with E-state index in [1.165, 1.54) is 6.20 Å². The number of aromatic nitrogens is 3. The summed E-state index contributed by atoms with van der Waals surface area (Å²) in [5, 5.41) is 4.61. The molecule has 0 N–H and O–H groups in total. The van der Waals surface area contributed by atoms with Crippen LogP contribution in [0.5, 0.6) is 0 Å². The first-order valence-electron chi connectivity index (χ1n) is 10.8. The second kappa shape index (κ2) is 9.21. The average molecular weight is 434 g/mol. The Morgan fingerprint density at radius 1 is 1.00 bits per heavy atom. The molecule has 8 nitrogen and oxygen atoms in total. The van der Waals surface area contributed by atoms with E-state index < -0.39 is 0 Å². The summed E-state index contributed by atoms with van der Waals surface area (Å²) in [6.07, 6.45) is 1.54. The van der Waals surface area contributed by atoms with E-state index in [2.05, 4.69) is 15.0 Å². The van der Waals surface area contributed by atoms with E-state index in [4.69, 9.17) is 4.74 Å². The molecule has 0 radical (unpaired) electrons. The number of esters is 1. The number of ether oxygens (including phenoxy) is 1. The zero-order chi connectivity index (χ0) is 22.7. The van der Waals surface area contributed by atoms with Gasteiger partial charge in [-0.25, -0.2) is 14.5 Å². The number of carbonyl (C=O) groups is 2. The van der Waals surface area contributed by atoms with Gasteiger partial charge in [0, 0.05) is 32.4 Å². The first-order chi connectivity index (χ1) is 15.5. The normalized spacial score (nSPS) is 13.8. The molecule has 1 aliphatic heterocycles. The van der Waals surface area contributed by atoms with Crippen molar-refractivity contribution in [3.8, 4) is 5.69 Å². The molecule has 32 heavy (non-hydrogen) atoms. The van der Waals surface area contributed by atoms with E-state index in [0.717, 1.165) is 22.9 Å². The average Bonchev–Trinajstić information content (AvgIpc) is 3.13. The van der Waals surface area contributed by atoms with Crippen LogP contribution < -0.4 is 4.90 Å². The Kier molecular flexibility index (Phi) is 6.20. The van der Waals surface area contributed by atoms with E-state index in [1.54, 1.807) is 13.0 Å². The number of nitrogens with zero attached hydrogens (tertiary/aromatic N) is 5. The predicted molar refractivity (Wildman–Crippen MR) is 121 cm³/mol. The van der Waals surface area contributed by atoms with Crippen molar-refractivity contribution in [2.75, 3.05) is 37.7 Å². The molecule has 0 spiro atoms. The number of amides is 1. The van der Waals surface area contributed by atoms with Crippen LogP contribution in [-0.4, -0.2) is 64.3 Å². The molecular weight excluding hydrogens is 406 g/mol. The predicted octanol–water partition coefficient (Wildman–Crippen LogP) is 3.02. The molecule has 3 aromatic rings. The van der Waals surface area contributed by atoms with Crippen molar-refractivity contribution in [1.82, 2.24) is 19.7 Å². The molecule has 4 rings (SSSR count). The molecule has 0 bridgehead atoms. The third-order valence-electron chi connectivity index (χ3n) is 5.66. The Bertz CT molecular complexity index is 1100. The maximum absolute atomic E-state index is 13.3. The van der Waals surface area contributed by atoms with Gasteiger partial charge in [0.25, 0.3) is 5.91 Å². The first kappa shape index (κ1) is 21.5. The molecule has 0 aliphatic carbocycles. The Hall–Kier alpha value is -3.68. The van der Waals surface area contributed by atoms with Gasteiger partial charge in [0.15, 0.2) is 0 Å². The van der Waals surface area contributed by atoms with Gasteiger partial charge in [0.1, 0.15) is 5.82 Å². The third-order valence-corrected chi connectivity index (χ3v) is 5.66. The summed E-state index contributed by atoms with van der Waals surface area (Å²) in [7, 11) is 0. The van der Waals surface area contributed by atoms with Gasteiger partial charge in [-0.1, -0.05) is 18.2 Å². The molecule has 1 saturated heterocycles. The Morgan fingerprint density at radius 2 is 1.72 bits per heavy atom. The first-order valence-corrected chi connectivity index (χ1v) is 10.8. The Labute approximate surface area is 187 Å². The number of carbonyl (C=O) groups excluding carboxylic acids is 2. The molecular formula is C24H27N5O3. The van der Waals surface area contributed by atoms with Crippen molar-refractivity contribution in [2.24, 2.45) is 0 Å². The van der Waals surface area contributed by atoms with Crippen molar-refractivity contribution in [3.05, 3.63) is 71.2 Å². The van der Waals surface area contributed by atoms with Crippen molar-refractivity contribution >= 4 is 17.7 Å². The van der Waals surface area contributed by atoms with Crippen molar-refractivity contribution in [3.63, 3.8) is 0 Å². The molecule has 166 valence electrons. The Balaban J connectivity index is 1.43. The summed E-state index contributed by atoms with van der Waals surface area (Å²) in [6.45, 7) is 8.45. The lowest BCUT2D eigenvalue weighted by Gasteiger charge is -2.35. The fourth-order valence-corrected chi connectivity index (χ4v) is 3.98. The highest BCUT2D eigenvalue weighted by Crippen LogP contribution is 2.21. The van der Waals surface area contributed by atoms with Gasteiger partial charge in [-0.15, -0.1) is 0 Å². The summed E-state index contributed by atoms with van der Waals surface area (Å²) in [4.78, 5) is 33.5. The van der Waals surface area contributed by atoms with Gasteiger partial charge in [0.05, 0.1) is 34.8 Å². The molecule has 2 aromatic heterocycles. The number of rotatable bonds is 5. The summed E-state index contributed by atoms with van der Waals surface area (Å²) in [6, 6.07) is 13.4. The zero-order valence-corrected chi connectivity index (χ0v) is 18.6. The number of anilines is 1. The fourth-order valence-electron chi connectivity index (χ4n) is 3.98. The summed E-state index contributed by atoms with van der Waals surface area (Å²) in [5.41, 5.74) is 3.62. The smallest absolute Gasteiger partial charge is 0.339 e. The summed E-state index contributed by atoms with van der Waals surface area (Å²) in [5.74, 6) is 0.422. The van der Waals surface area contributed by atoms with Crippen LogP contribution in [0.1, 0.15) is 39.0 Å². The van der Waals surface area contributed by atoms with Crippen LogP contribution in [-0.2, 0) is 4.74 Å². The zero-order valence-electron chi connectivity index (χ0n) is 18.6. The monoisotopic (exact) mass is 433 g/mol. The number of aryl methyl sites for hydroxylation is 1. The largest absolute Gasteiger partial charge is 0.462 e. The second-order valence-electron chi connectivity index (χ2n) is 7.70. The number of piperazine rings is 1. The van der Waals surface area contributed by atoms with Gasteiger partial charge in [-0.2, -0.15) is 5.10 Å². The molecule has 1 aliphatic rings. The highest BCUT2D eigenvalue weighted by molar-refractivity contribution is 5.96. The minimum atomic E-state index is -0.372. The van der Waals surface area contributed by atoms with Crippen molar-refractivity contribution < 1.29 is 14.3 Å². The van der Waals surface area contributed by atoms with E-state index in [-0.39, 0.29) is 11.9 Å². The van der Waals surface area contributed by atoms with Gasteiger partial charge in [-0.3, -0.25) is 4.79 Å². The minimum Gasteiger partial charge on any atom is -0.462 e. The topological polar surface area (TPSA) is 80.6 Å². The number of hydrogen-bond donors (Lipinski definition) is 0. The van der Waals surface area contributed by atoms with E-state index >= 15 is 0 Å². The lowest BCUT2D eigenvalue weighted by atomic mass is 10.1. The van der Waals surface area contributed by atoms with Crippen LogP contribution >= 0.6 is 0 Å². The molecule has 0 unspecified atom stereocenters. The standard InChI is InChI=1S/C24H27N5O3/c1-4-32-24(31)19-10-11-21(25-16-19)27-12-14-28(15-13-27)23(30)22-17(2)26-29(18(22)3)20-8-6-5-7-9-20/h5-11,16H,4,12-15H2,1-3H3. The maximum atomic E-state index is 13.3. The lowest BCUT2D eigenvalue weighted by Crippen LogP contribution is -2.49. The van der Waals surface area contributed by atoms with E-state index in [0.29, 0.717) is 43.9 Å². The van der Waals surface area contributed by atoms with Crippen LogP contribution in [0.15, 0.2) is 48.7 Å². The van der Waals surface area contributed by atoms with Gasteiger partial charge < -0.3 is 14.5 Å². The summed E-state index contributed by atoms with van der Waals surface area (Å²) < 4.78 is 6.83. The molecule has 3 heterocycles. The Morgan fingerprint density at radius 3 is 2.34 bits per heavy atom. The number of para-hydroxylation sites is 1. The number of benzene rings is 1. The van der Waals surface area contributed by atoms with Crippen molar-refractivity contribution in [2.45, 2.75) is 20.8 Å². The molecule has 1 amide bonds. The van der Waals surface area contributed by atoms with E-state index in [9.17, 15) is 9.59 Å². The van der Waals surface area contributed by atoms with Gasteiger partial charge >= 0.3 is 5.97 Å². The fraction of sp³-hybridized carbons (Fsp3) is 0.333. The minimum absolute atomic E-state index is 0.00690. The number of pyridine rings is 1. The molecule has 0 atom stereocenters. The second-order valence-corrected chi connectivity index (χ2v) is 7.70. The van der Waals surface area contributed by atoms with Crippen LogP contribution in [0, 0.1) is 13.8 Å². The van der Waals surface area contributed by atoms with Crippen LogP contribution in [0.2, 0.25) is 0 Å². The van der Waals surface area contributed by atoms with Gasteiger partial charge in [-0.05, 0) is 45.0 Å². The van der Waals surface area contributed by atoms with Crippen LogP contribution in [0.3, 0.4) is 0 Å². The molecule has 1 aromatic carbocycles. The quantitative estimate of drug-likeness (QED) is 0.576. The highest BCUT2D eigenvalue weighted by atomic mass is 16.5. The third kappa shape index (κ3) is 4.21. The van der Waals surface area contributed by atoms with Crippen LogP contribution in [0.4, 0.5) is 5.82 Å². The summed E-state index contributed by atoms with van der Waals surface area (Å²) >= 11 is 0. The molecule has 1 fully saturated rings. The van der Waals surface area contributed by atoms with Crippen LogP contribution in [0.25, 0.3) is 5.69 Å². The van der Waals surface area contributed by atoms with Crippen molar-refractivity contribution in [1.29, 1.82) is 0 Å². The lowest BCUT2D eigenvalue weighted by molar-refractivity contribution is 0.0525. The van der Waals surface area contributed by atoms with Gasteiger partial charge in [0.2, 0.25) is 0 Å². The highest BCUT2D eigenvalue weighted by Gasteiger charge is 2.27. The number of hydrogen-bond acceptors (Lipinski definition) is 6.